The van der Waals surface area contributed by atoms with Crippen molar-refractivity contribution in [3.05, 3.63) is 53.9 Å². The molecule has 2 atom stereocenters. The van der Waals surface area contributed by atoms with Gasteiger partial charge in [-0.15, -0.1) is 0 Å². The Hall–Kier alpha value is -2.34. The molecule has 6 nitrogen and oxygen atoms in total. The van der Waals surface area contributed by atoms with E-state index in [9.17, 15) is 4.79 Å². The zero-order valence-corrected chi connectivity index (χ0v) is 13.6. The zero-order valence-electron chi connectivity index (χ0n) is 13.6. The monoisotopic (exact) mass is 316 g/mol. The minimum atomic E-state index is -0.242. The molecule has 0 spiro atoms. The van der Waals surface area contributed by atoms with Crippen molar-refractivity contribution < 1.29 is 9.90 Å². The first kappa shape index (κ1) is 17.0. The van der Waals surface area contributed by atoms with Gasteiger partial charge in [0, 0.05) is 31.0 Å². The van der Waals surface area contributed by atoms with Gasteiger partial charge in [0.1, 0.15) is 0 Å². The number of aromatic nitrogens is 2. The van der Waals surface area contributed by atoms with E-state index in [2.05, 4.69) is 27.9 Å². The summed E-state index contributed by atoms with van der Waals surface area (Å²) in [5.41, 5.74) is 2.12. The van der Waals surface area contributed by atoms with E-state index in [1.807, 2.05) is 42.9 Å². The van der Waals surface area contributed by atoms with Gasteiger partial charge in [-0.25, -0.2) is 4.79 Å². The number of aliphatic hydroxyl groups is 1. The van der Waals surface area contributed by atoms with Gasteiger partial charge in [-0.2, -0.15) is 5.10 Å². The molecule has 2 amide bonds. The van der Waals surface area contributed by atoms with Gasteiger partial charge in [0.2, 0.25) is 0 Å². The summed E-state index contributed by atoms with van der Waals surface area (Å²) in [6.45, 7) is 4.93. The number of nitrogens with one attached hydrogen (secondary N) is 2. The van der Waals surface area contributed by atoms with E-state index in [4.69, 9.17) is 5.11 Å². The van der Waals surface area contributed by atoms with Crippen molar-refractivity contribution in [2.75, 3.05) is 6.61 Å². The standard InChI is InChI=1S/C17H24N4O2/c1-13(12-22)14(2)20-17(23)18-8-16-9-19-21(11-16)10-15-6-4-3-5-7-15/h3-7,9,11,13-14,22H,8,10,12H2,1-2H3,(H2,18,20,23). The van der Waals surface area contributed by atoms with Gasteiger partial charge in [0.05, 0.1) is 12.7 Å². The second kappa shape index (κ2) is 8.33. The van der Waals surface area contributed by atoms with Crippen molar-refractivity contribution in [1.29, 1.82) is 0 Å². The first-order valence-electron chi connectivity index (χ1n) is 7.79. The number of carbonyl (C=O) groups is 1. The van der Waals surface area contributed by atoms with E-state index >= 15 is 0 Å². The third kappa shape index (κ3) is 5.41. The number of hydrogen-bond acceptors (Lipinski definition) is 3. The molecule has 2 unspecified atom stereocenters. The lowest BCUT2D eigenvalue weighted by atomic mass is 10.1. The zero-order chi connectivity index (χ0) is 16.7. The van der Waals surface area contributed by atoms with Gasteiger partial charge in [-0.05, 0) is 18.4 Å². The summed E-state index contributed by atoms with van der Waals surface area (Å²) >= 11 is 0. The van der Waals surface area contributed by atoms with Crippen LogP contribution in [0.4, 0.5) is 4.79 Å². The molecule has 0 aliphatic heterocycles. The first-order valence-corrected chi connectivity index (χ1v) is 7.79. The summed E-state index contributed by atoms with van der Waals surface area (Å²) in [4.78, 5) is 11.8. The van der Waals surface area contributed by atoms with Crippen LogP contribution in [-0.4, -0.2) is 33.6 Å². The van der Waals surface area contributed by atoms with E-state index in [0.29, 0.717) is 13.1 Å². The average Bonchev–Trinajstić information content (AvgIpc) is 3.00. The van der Waals surface area contributed by atoms with Crippen LogP contribution in [0.25, 0.3) is 0 Å². The van der Waals surface area contributed by atoms with E-state index in [1.54, 1.807) is 6.20 Å². The predicted octanol–water partition coefficient (Wildman–Crippen LogP) is 1.75. The van der Waals surface area contributed by atoms with E-state index < -0.39 is 0 Å². The van der Waals surface area contributed by atoms with Gasteiger partial charge in [-0.1, -0.05) is 37.3 Å². The number of aliphatic hydroxyl groups excluding tert-OH is 1. The lowest BCUT2D eigenvalue weighted by Crippen LogP contribution is -2.43. The van der Waals surface area contributed by atoms with Crippen molar-refractivity contribution in [1.82, 2.24) is 20.4 Å². The molecule has 3 N–H and O–H groups in total. The number of carbonyl (C=O) groups excluding carboxylic acids is 1. The normalized spacial score (nSPS) is 13.3. The van der Waals surface area contributed by atoms with Gasteiger partial charge >= 0.3 is 6.03 Å². The third-order valence-electron chi connectivity index (χ3n) is 3.83. The summed E-state index contributed by atoms with van der Waals surface area (Å²) in [5, 5.41) is 19.0. The maximum absolute atomic E-state index is 11.8. The molecule has 6 heteroatoms. The number of hydrogen-bond donors (Lipinski definition) is 3. The molecule has 1 aromatic carbocycles. The fourth-order valence-corrected chi connectivity index (χ4v) is 2.10. The molecular formula is C17H24N4O2. The predicted molar refractivity (Wildman–Crippen MR) is 88.9 cm³/mol. The van der Waals surface area contributed by atoms with Gasteiger partial charge in [-0.3, -0.25) is 4.68 Å². The highest BCUT2D eigenvalue weighted by Crippen LogP contribution is 2.04. The number of benzene rings is 1. The second-order valence-corrected chi connectivity index (χ2v) is 5.81. The Morgan fingerprint density at radius 2 is 2.00 bits per heavy atom. The largest absolute Gasteiger partial charge is 0.396 e. The highest BCUT2D eigenvalue weighted by atomic mass is 16.3. The maximum atomic E-state index is 11.8. The second-order valence-electron chi connectivity index (χ2n) is 5.81. The Kier molecular flexibility index (Phi) is 6.17. The molecule has 0 radical (unpaired) electrons. The Labute approximate surface area is 136 Å². The maximum Gasteiger partial charge on any atom is 0.315 e. The van der Waals surface area contributed by atoms with Crippen molar-refractivity contribution >= 4 is 6.03 Å². The summed E-state index contributed by atoms with van der Waals surface area (Å²) in [6, 6.07) is 9.77. The molecule has 0 saturated heterocycles. The quantitative estimate of drug-likeness (QED) is 0.728. The third-order valence-corrected chi connectivity index (χ3v) is 3.83. The van der Waals surface area contributed by atoms with Crippen LogP contribution >= 0.6 is 0 Å². The highest BCUT2D eigenvalue weighted by Gasteiger charge is 2.13. The molecule has 1 heterocycles. The van der Waals surface area contributed by atoms with E-state index in [1.165, 1.54) is 5.56 Å². The Morgan fingerprint density at radius 3 is 2.70 bits per heavy atom. The van der Waals surface area contributed by atoms with Crippen LogP contribution in [0.1, 0.15) is 25.0 Å². The summed E-state index contributed by atoms with van der Waals surface area (Å²) in [5.74, 6) is 0.0226. The molecule has 0 aliphatic carbocycles. The summed E-state index contributed by atoms with van der Waals surface area (Å²) < 4.78 is 1.85. The van der Waals surface area contributed by atoms with Crippen LogP contribution in [0.15, 0.2) is 42.7 Å². The molecule has 23 heavy (non-hydrogen) atoms. The molecule has 1 aromatic heterocycles. The van der Waals surface area contributed by atoms with Crippen molar-refractivity contribution in [2.24, 2.45) is 5.92 Å². The molecule has 124 valence electrons. The number of amides is 2. The fourth-order valence-electron chi connectivity index (χ4n) is 2.10. The topological polar surface area (TPSA) is 79.2 Å². The molecule has 0 fully saturated rings. The van der Waals surface area contributed by atoms with Crippen LogP contribution in [0, 0.1) is 5.92 Å². The number of nitrogens with zero attached hydrogens (tertiary/aromatic N) is 2. The van der Waals surface area contributed by atoms with Gasteiger partial charge < -0.3 is 15.7 Å². The SMILES string of the molecule is CC(CO)C(C)NC(=O)NCc1cnn(Cc2ccccc2)c1. The Bertz CT molecular complexity index is 612. The molecule has 0 aliphatic rings. The van der Waals surface area contributed by atoms with Gasteiger partial charge in [0.15, 0.2) is 0 Å². The Morgan fingerprint density at radius 1 is 1.26 bits per heavy atom. The van der Waals surface area contributed by atoms with Crippen LogP contribution in [0.2, 0.25) is 0 Å². The minimum absolute atomic E-state index is 0.0226. The lowest BCUT2D eigenvalue weighted by molar-refractivity contribution is 0.200. The highest BCUT2D eigenvalue weighted by molar-refractivity contribution is 5.74. The molecule has 2 aromatic rings. The van der Waals surface area contributed by atoms with Crippen LogP contribution < -0.4 is 10.6 Å². The number of rotatable bonds is 7. The summed E-state index contributed by atoms with van der Waals surface area (Å²) in [7, 11) is 0. The minimum Gasteiger partial charge on any atom is -0.396 e. The summed E-state index contributed by atoms with van der Waals surface area (Å²) in [6.07, 6.45) is 3.68. The lowest BCUT2D eigenvalue weighted by Gasteiger charge is -2.19. The average molecular weight is 316 g/mol. The molecule has 0 saturated carbocycles. The molecule has 0 bridgehead atoms. The van der Waals surface area contributed by atoms with Crippen molar-refractivity contribution in [2.45, 2.75) is 33.0 Å². The van der Waals surface area contributed by atoms with Crippen molar-refractivity contribution in [3.8, 4) is 0 Å². The smallest absolute Gasteiger partial charge is 0.315 e. The molecule has 2 rings (SSSR count). The van der Waals surface area contributed by atoms with E-state index in [-0.39, 0.29) is 24.6 Å². The number of urea groups is 1. The fraction of sp³-hybridized carbons (Fsp3) is 0.412. The van der Waals surface area contributed by atoms with Gasteiger partial charge in [0.25, 0.3) is 0 Å². The van der Waals surface area contributed by atoms with Crippen LogP contribution in [0.3, 0.4) is 0 Å². The van der Waals surface area contributed by atoms with Crippen molar-refractivity contribution in [3.63, 3.8) is 0 Å². The van der Waals surface area contributed by atoms with Crippen LogP contribution in [0.5, 0.6) is 0 Å². The molecular weight excluding hydrogens is 292 g/mol. The van der Waals surface area contributed by atoms with E-state index in [0.717, 1.165) is 5.56 Å². The Balaban J connectivity index is 1.79. The first-order chi connectivity index (χ1) is 11.1. The van der Waals surface area contributed by atoms with Crippen LogP contribution in [-0.2, 0) is 13.1 Å².